The third-order valence-electron chi connectivity index (χ3n) is 4.14. The average Bonchev–Trinajstić information content (AvgIpc) is 2.41. The molecule has 2 rings (SSSR count). The SMILES string of the molecule is Cc1ccc(Br)c(C(=O)NC2(CO)CCCC(C)C2)c1. The van der Waals surface area contributed by atoms with Gasteiger partial charge in [-0.3, -0.25) is 4.79 Å². The topological polar surface area (TPSA) is 49.3 Å². The van der Waals surface area contributed by atoms with Gasteiger partial charge in [0.25, 0.3) is 5.91 Å². The summed E-state index contributed by atoms with van der Waals surface area (Å²) < 4.78 is 0.789. The summed E-state index contributed by atoms with van der Waals surface area (Å²) in [7, 11) is 0. The minimum absolute atomic E-state index is 0.00646. The smallest absolute Gasteiger partial charge is 0.252 e. The fourth-order valence-electron chi connectivity index (χ4n) is 3.08. The second-order valence-corrected chi connectivity index (χ2v) is 6.93. The van der Waals surface area contributed by atoms with Crippen LogP contribution in [-0.4, -0.2) is 23.2 Å². The molecule has 0 heterocycles. The molecule has 0 radical (unpaired) electrons. The molecule has 1 amide bonds. The first-order valence-corrected chi connectivity index (χ1v) is 7.94. The maximum atomic E-state index is 12.5. The summed E-state index contributed by atoms with van der Waals surface area (Å²) in [6.07, 6.45) is 3.92. The van der Waals surface area contributed by atoms with E-state index in [1.165, 1.54) is 6.42 Å². The van der Waals surface area contributed by atoms with Crippen LogP contribution in [0.4, 0.5) is 0 Å². The summed E-state index contributed by atoms with van der Waals surface area (Å²) in [5.41, 5.74) is 1.22. The van der Waals surface area contributed by atoms with Gasteiger partial charge in [-0.15, -0.1) is 0 Å². The van der Waals surface area contributed by atoms with Crippen LogP contribution in [-0.2, 0) is 0 Å². The summed E-state index contributed by atoms with van der Waals surface area (Å²) in [6, 6.07) is 5.72. The van der Waals surface area contributed by atoms with Gasteiger partial charge in [-0.05, 0) is 53.7 Å². The van der Waals surface area contributed by atoms with Gasteiger partial charge in [0.2, 0.25) is 0 Å². The van der Waals surface area contributed by atoms with Crippen molar-refractivity contribution in [3.8, 4) is 0 Å². The molecule has 1 saturated carbocycles. The van der Waals surface area contributed by atoms with Gasteiger partial charge >= 0.3 is 0 Å². The van der Waals surface area contributed by atoms with Crippen LogP contribution in [0.3, 0.4) is 0 Å². The molecule has 0 spiro atoms. The highest BCUT2D eigenvalue weighted by Crippen LogP contribution is 2.32. The van der Waals surface area contributed by atoms with E-state index in [1.54, 1.807) is 0 Å². The van der Waals surface area contributed by atoms with E-state index in [0.717, 1.165) is 29.3 Å². The number of benzene rings is 1. The van der Waals surface area contributed by atoms with Crippen LogP contribution < -0.4 is 5.32 Å². The summed E-state index contributed by atoms with van der Waals surface area (Å²) in [5, 5.41) is 12.8. The number of aliphatic hydroxyl groups excluding tert-OH is 1. The molecule has 0 bridgehead atoms. The molecule has 110 valence electrons. The summed E-state index contributed by atoms with van der Waals surface area (Å²) in [4.78, 5) is 12.5. The number of nitrogens with one attached hydrogen (secondary N) is 1. The lowest BCUT2D eigenvalue weighted by atomic mass is 9.76. The molecular weight excluding hydrogens is 318 g/mol. The molecule has 0 saturated heterocycles. The molecule has 3 nitrogen and oxygen atoms in total. The molecule has 1 aliphatic rings. The second-order valence-electron chi connectivity index (χ2n) is 6.08. The van der Waals surface area contributed by atoms with Crippen molar-refractivity contribution in [3.63, 3.8) is 0 Å². The Morgan fingerprint density at radius 2 is 2.30 bits per heavy atom. The predicted octanol–water partition coefficient (Wildman–Crippen LogP) is 3.43. The van der Waals surface area contributed by atoms with Crippen molar-refractivity contribution in [2.45, 2.75) is 45.1 Å². The monoisotopic (exact) mass is 339 g/mol. The number of carbonyl (C=O) groups is 1. The van der Waals surface area contributed by atoms with Crippen LogP contribution in [0.25, 0.3) is 0 Å². The number of rotatable bonds is 3. The van der Waals surface area contributed by atoms with Gasteiger partial charge < -0.3 is 10.4 Å². The van der Waals surface area contributed by atoms with Crippen LogP contribution in [0.15, 0.2) is 22.7 Å². The zero-order valence-corrected chi connectivity index (χ0v) is 13.7. The molecule has 2 N–H and O–H groups in total. The van der Waals surface area contributed by atoms with E-state index in [0.29, 0.717) is 11.5 Å². The molecule has 1 fully saturated rings. The summed E-state index contributed by atoms with van der Waals surface area (Å²) in [5.74, 6) is 0.431. The summed E-state index contributed by atoms with van der Waals surface area (Å²) >= 11 is 3.42. The molecule has 2 atom stereocenters. The van der Waals surface area contributed by atoms with Crippen LogP contribution >= 0.6 is 15.9 Å². The minimum atomic E-state index is -0.460. The first-order valence-electron chi connectivity index (χ1n) is 7.15. The largest absolute Gasteiger partial charge is 0.394 e. The molecule has 20 heavy (non-hydrogen) atoms. The molecule has 0 aliphatic heterocycles. The Morgan fingerprint density at radius 1 is 1.55 bits per heavy atom. The highest BCUT2D eigenvalue weighted by molar-refractivity contribution is 9.10. The maximum absolute atomic E-state index is 12.5. The van der Waals surface area contributed by atoms with Crippen molar-refractivity contribution in [1.29, 1.82) is 0 Å². The van der Waals surface area contributed by atoms with E-state index in [1.807, 2.05) is 25.1 Å². The molecule has 1 aromatic carbocycles. The molecule has 4 heteroatoms. The van der Waals surface area contributed by atoms with E-state index in [2.05, 4.69) is 28.2 Å². The predicted molar refractivity (Wildman–Crippen MR) is 83.8 cm³/mol. The van der Waals surface area contributed by atoms with Crippen molar-refractivity contribution in [2.24, 2.45) is 5.92 Å². The third kappa shape index (κ3) is 3.41. The van der Waals surface area contributed by atoms with Crippen molar-refractivity contribution >= 4 is 21.8 Å². The lowest BCUT2D eigenvalue weighted by Gasteiger charge is -2.39. The number of hydrogen-bond acceptors (Lipinski definition) is 2. The highest BCUT2D eigenvalue weighted by Gasteiger charge is 2.36. The van der Waals surface area contributed by atoms with Crippen LogP contribution in [0.2, 0.25) is 0 Å². The Morgan fingerprint density at radius 3 is 2.95 bits per heavy atom. The normalized spacial score (nSPS) is 26.3. The first kappa shape index (κ1) is 15.5. The van der Waals surface area contributed by atoms with Crippen LogP contribution in [0, 0.1) is 12.8 Å². The van der Waals surface area contributed by atoms with Gasteiger partial charge in [0.1, 0.15) is 0 Å². The van der Waals surface area contributed by atoms with Gasteiger partial charge in [-0.2, -0.15) is 0 Å². The Kier molecular flexibility index (Phi) is 4.86. The molecule has 0 aromatic heterocycles. The van der Waals surface area contributed by atoms with Crippen molar-refractivity contribution in [2.75, 3.05) is 6.61 Å². The number of hydrogen-bond donors (Lipinski definition) is 2. The third-order valence-corrected chi connectivity index (χ3v) is 4.83. The van der Waals surface area contributed by atoms with Crippen molar-refractivity contribution in [3.05, 3.63) is 33.8 Å². The Hall–Kier alpha value is -0.870. The number of halogens is 1. The van der Waals surface area contributed by atoms with E-state index in [9.17, 15) is 9.90 Å². The zero-order valence-electron chi connectivity index (χ0n) is 12.1. The fourth-order valence-corrected chi connectivity index (χ4v) is 3.50. The highest BCUT2D eigenvalue weighted by atomic mass is 79.9. The Bertz CT molecular complexity index is 503. The van der Waals surface area contributed by atoms with E-state index >= 15 is 0 Å². The molecule has 1 aliphatic carbocycles. The Balaban J connectivity index is 2.19. The van der Waals surface area contributed by atoms with E-state index in [4.69, 9.17) is 0 Å². The minimum Gasteiger partial charge on any atom is -0.394 e. The second kappa shape index (κ2) is 6.27. The van der Waals surface area contributed by atoms with Crippen LogP contribution in [0.1, 0.15) is 48.5 Å². The molecule has 1 aromatic rings. The molecule has 2 unspecified atom stereocenters. The zero-order chi connectivity index (χ0) is 14.8. The van der Waals surface area contributed by atoms with E-state index in [-0.39, 0.29) is 12.5 Å². The lowest BCUT2D eigenvalue weighted by molar-refractivity contribution is 0.0696. The number of aliphatic hydroxyl groups is 1. The average molecular weight is 340 g/mol. The van der Waals surface area contributed by atoms with Crippen molar-refractivity contribution in [1.82, 2.24) is 5.32 Å². The van der Waals surface area contributed by atoms with Gasteiger partial charge in [0, 0.05) is 4.47 Å². The fraction of sp³-hybridized carbons (Fsp3) is 0.562. The molecular formula is C16H22BrNO2. The quantitative estimate of drug-likeness (QED) is 0.886. The van der Waals surface area contributed by atoms with Gasteiger partial charge in [-0.1, -0.05) is 31.4 Å². The first-order chi connectivity index (χ1) is 9.46. The van der Waals surface area contributed by atoms with E-state index < -0.39 is 5.54 Å². The maximum Gasteiger partial charge on any atom is 0.252 e. The number of aryl methyl sites for hydroxylation is 1. The standard InChI is InChI=1S/C16H22BrNO2/c1-11-5-6-14(17)13(8-11)15(20)18-16(10-19)7-3-4-12(2)9-16/h5-6,8,12,19H,3-4,7,9-10H2,1-2H3,(H,18,20). The number of amides is 1. The van der Waals surface area contributed by atoms with Crippen molar-refractivity contribution < 1.29 is 9.90 Å². The lowest BCUT2D eigenvalue weighted by Crippen LogP contribution is -2.53. The van der Waals surface area contributed by atoms with Gasteiger partial charge in [0.05, 0.1) is 17.7 Å². The van der Waals surface area contributed by atoms with Gasteiger partial charge in [-0.25, -0.2) is 0 Å². The van der Waals surface area contributed by atoms with Crippen LogP contribution in [0.5, 0.6) is 0 Å². The van der Waals surface area contributed by atoms with Gasteiger partial charge in [0.15, 0.2) is 0 Å². The summed E-state index contributed by atoms with van der Waals surface area (Å²) in [6.45, 7) is 4.15. The Labute approximate surface area is 128 Å². The number of carbonyl (C=O) groups excluding carboxylic acids is 1.